The lowest BCUT2D eigenvalue weighted by molar-refractivity contribution is 0.385. The van der Waals surface area contributed by atoms with Gasteiger partial charge in [0.15, 0.2) is 5.82 Å². The van der Waals surface area contributed by atoms with E-state index in [1.807, 2.05) is 6.92 Å². The maximum atomic E-state index is 4.97. The van der Waals surface area contributed by atoms with Gasteiger partial charge in [-0.3, -0.25) is 0 Å². The van der Waals surface area contributed by atoms with Gasteiger partial charge >= 0.3 is 0 Å². The number of nitrogens with zero attached hydrogens (tertiary/aromatic N) is 2. The third-order valence-electron chi connectivity index (χ3n) is 3.75. The molecule has 1 aromatic heterocycles. The summed E-state index contributed by atoms with van der Waals surface area (Å²) in [6, 6.07) is 7.16. The number of aromatic nitrogens is 2. The van der Waals surface area contributed by atoms with Gasteiger partial charge in [-0.25, -0.2) is 0 Å². The molecule has 1 heterocycles. The topological polar surface area (TPSA) is 51.0 Å². The van der Waals surface area contributed by atoms with Crippen LogP contribution < -0.4 is 5.32 Å². The highest BCUT2D eigenvalue weighted by Crippen LogP contribution is 2.24. The van der Waals surface area contributed by atoms with Crippen molar-refractivity contribution in [3.8, 4) is 0 Å². The molecule has 2 aromatic rings. The van der Waals surface area contributed by atoms with Crippen molar-refractivity contribution in [3.05, 3.63) is 45.5 Å². The Hall–Kier alpha value is -1.20. The second-order valence-corrected chi connectivity index (χ2v) is 6.20. The number of hydrogen-bond donors (Lipinski definition) is 1. The molecule has 0 aliphatic heterocycles. The molecule has 1 unspecified atom stereocenters. The molecule has 4 nitrogen and oxygen atoms in total. The highest BCUT2D eigenvalue weighted by atomic mass is 79.9. The second kappa shape index (κ2) is 6.06. The average Bonchev–Trinajstić information content (AvgIpc) is 2.85. The molecule has 0 bridgehead atoms. The van der Waals surface area contributed by atoms with Crippen LogP contribution >= 0.6 is 15.9 Å². The van der Waals surface area contributed by atoms with E-state index in [4.69, 9.17) is 4.52 Å². The fraction of sp³-hybridized carbons (Fsp3) is 0.467. The van der Waals surface area contributed by atoms with Crippen molar-refractivity contribution < 1.29 is 4.52 Å². The molecule has 1 aliphatic carbocycles. The minimum atomic E-state index is 0.552. The van der Waals surface area contributed by atoms with Crippen molar-refractivity contribution >= 4 is 15.9 Å². The number of aryl methyl sites for hydroxylation is 2. The Morgan fingerprint density at radius 2 is 2.30 bits per heavy atom. The van der Waals surface area contributed by atoms with Crippen molar-refractivity contribution in [2.75, 3.05) is 6.54 Å². The number of fused-ring (bicyclic) bond motifs is 1. The van der Waals surface area contributed by atoms with Gasteiger partial charge in [-0.05, 0) is 42.5 Å². The van der Waals surface area contributed by atoms with E-state index in [2.05, 4.69) is 49.6 Å². The fourth-order valence-corrected chi connectivity index (χ4v) is 3.14. The van der Waals surface area contributed by atoms with Crippen LogP contribution in [0.3, 0.4) is 0 Å². The molecule has 1 atom stereocenters. The predicted octanol–water partition coefficient (Wildman–Crippen LogP) is 2.83. The van der Waals surface area contributed by atoms with Crippen LogP contribution in [0.1, 0.15) is 29.3 Å². The van der Waals surface area contributed by atoms with Gasteiger partial charge in [-0.2, -0.15) is 4.98 Å². The Labute approximate surface area is 127 Å². The summed E-state index contributed by atoms with van der Waals surface area (Å²) in [6.45, 7) is 2.72. The average molecular weight is 336 g/mol. The van der Waals surface area contributed by atoms with Crippen LogP contribution in [-0.4, -0.2) is 22.7 Å². The number of hydrogen-bond acceptors (Lipinski definition) is 4. The van der Waals surface area contributed by atoms with Crippen LogP contribution in [0, 0.1) is 6.92 Å². The second-order valence-electron chi connectivity index (χ2n) is 5.29. The molecule has 0 fully saturated rings. The molecule has 20 heavy (non-hydrogen) atoms. The first-order chi connectivity index (χ1) is 9.70. The van der Waals surface area contributed by atoms with Crippen molar-refractivity contribution in [1.29, 1.82) is 0 Å². The zero-order chi connectivity index (χ0) is 13.9. The van der Waals surface area contributed by atoms with Crippen molar-refractivity contribution in [3.63, 3.8) is 0 Å². The Morgan fingerprint density at radius 1 is 1.40 bits per heavy atom. The Kier molecular flexibility index (Phi) is 4.17. The number of nitrogens with one attached hydrogen (secondary N) is 1. The van der Waals surface area contributed by atoms with E-state index >= 15 is 0 Å². The zero-order valence-corrected chi connectivity index (χ0v) is 13.1. The van der Waals surface area contributed by atoms with Gasteiger partial charge in [0.25, 0.3) is 0 Å². The third-order valence-corrected chi connectivity index (χ3v) is 4.24. The summed E-state index contributed by atoms with van der Waals surface area (Å²) in [4.78, 5) is 4.22. The van der Waals surface area contributed by atoms with Crippen molar-refractivity contribution in [2.24, 2.45) is 0 Å². The lowest BCUT2D eigenvalue weighted by atomic mass is 9.88. The van der Waals surface area contributed by atoms with E-state index in [1.54, 1.807) is 0 Å². The molecule has 5 heteroatoms. The molecule has 1 N–H and O–H groups in total. The van der Waals surface area contributed by atoms with Crippen LogP contribution in [0.15, 0.2) is 27.2 Å². The van der Waals surface area contributed by atoms with Gasteiger partial charge in [-0.15, -0.1) is 0 Å². The SMILES string of the molecule is Cc1nc(CCNC2CCc3cc(Br)ccc3C2)no1. The molecule has 0 radical (unpaired) electrons. The van der Waals surface area contributed by atoms with E-state index in [0.717, 1.165) is 31.6 Å². The Morgan fingerprint density at radius 3 is 3.10 bits per heavy atom. The van der Waals surface area contributed by atoms with Crippen LogP contribution in [0.2, 0.25) is 0 Å². The number of rotatable bonds is 4. The normalized spacial score (nSPS) is 18.0. The molecule has 1 aliphatic rings. The first-order valence-electron chi connectivity index (χ1n) is 7.00. The van der Waals surface area contributed by atoms with Crippen LogP contribution in [0.5, 0.6) is 0 Å². The minimum absolute atomic E-state index is 0.552. The summed E-state index contributed by atoms with van der Waals surface area (Å²) in [5.74, 6) is 1.42. The Balaban J connectivity index is 1.51. The zero-order valence-electron chi connectivity index (χ0n) is 11.5. The summed E-state index contributed by atoms with van der Waals surface area (Å²) < 4.78 is 6.15. The van der Waals surface area contributed by atoms with Gasteiger partial charge in [-0.1, -0.05) is 27.2 Å². The van der Waals surface area contributed by atoms with E-state index < -0.39 is 0 Å². The molecule has 3 rings (SSSR count). The van der Waals surface area contributed by atoms with Gasteiger partial charge in [0.1, 0.15) is 0 Å². The van der Waals surface area contributed by atoms with Crippen LogP contribution in [0.25, 0.3) is 0 Å². The van der Waals surface area contributed by atoms with E-state index in [1.165, 1.54) is 22.0 Å². The molecular weight excluding hydrogens is 318 g/mol. The summed E-state index contributed by atoms with van der Waals surface area (Å²) in [6.07, 6.45) is 4.26. The van der Waals surface area contributed by atoms with Crippen molar-refractivity contribution in [1.82, 2.24) is 15.5 Å². The molecule has 0 saturated carbocycles. The highest BCUT2D eigenvalue weighted by molar-refractivity contribution is 9.10. The maximum absolute atomic E-state index is 4.97. The van der Waals surface area contributed by atoms with Gasteiger partial charge in [0, 0.05) is 30.4 Å². The quantitative estimate of drug-likeness (QED) is 0.933. The summed E-state index contributed by atoms with van der Waals surface area (Å²) in [5, 5.41) is 7.51. The van der Waals surface area contributed by atoms with E-state index in [-0.39, 0.29) is 0 Å². The van der Waals surface area contributed by atoms with E-state index in [9.17, 15) is 0 Å². The smallest absolute Gasteiger partial charge is 0.223 e. The van der Waals surface area contributed by atoms with Gasteiger partial charge in [0.2, 0.25) is 5.89 Å². The van der Waals surface area contributed by atoms with Crippen molar-refractivity contribution in [2.45, 2.75) is 38.6 Å². The van der Waals surface area contributed by atoms with E-state index in [0.29, 0.717) is 11.9 Å². The first-order valence-corrected chi connectivity index (χ1v) is 7.80. The minimum Gasteiger partial charge on any atom is -0.340 e. The number of benzene rings is 1. The highest BCUT2D eigenvalue weighted by Gasteiger charge is 2.18. The lowest BCUT2D eigenvalue weighted by Gasteiger charge is -2.25. The molecule has 0 saturated heterocycles. The molecule has 1 aromatic carbocycles. The standard InChI is InChI=1S/C15H18BrN3O/c1-10-18-15(19-20-10)6-7-17-14-5-3-11-8-13(16)4-2-12(11)9-14/h2,4,8,14,17H,3,5-7,9H2,1H3. The summed E-state index contributed by atoms with van der Waals surface area (Å²) in [7, 11) is 0. The molecule has 106 valence electrons. The summed E-state index contributed by atoms with van der Waals surface area (Å²) in [5.41, 5.74) is 2.94. The van der Waals surface area contributed by atoms with Gasteiger partial charge in [0.05, 0.1) is 0 Å². The number of halogens is 1. The Bertz CT molecular complexity index is 597. The lowest BCUT2D eigenvalue weighted by Crippen LogP contribution is -2.35. The molecular formula is C15H18BrN3O. The monoisotopic (exact) mass is 335 g/mol. The third kappa shape index (κ3) is 3.27. The summed E-state index contributed by atoms with van der Waals surface area (Å²) >= 11 is 3.54. The van der Waals surface area contributed by atoms with Crippen LogP contribution in [0.4, 0.5) is 0 Å². The van der Waals surface area contributed by atoms with Crippen LogP contribution in [-0.2, 0) is 19.3 Å². The predicted molar refractivity (Wildman–Crippen MR) is 80.7 cm³/mol. The molecule has 0 spiro atoms. The first kappa shape index (κ1) is 13.8. The van der Waals surface area contributed by atoms with Gasteiger partial charge < -0.3 is 9.84 Å². The largest absolute Gasteiger partial charge is 0.340 e. The maximum Gasteiger partial charge on any atom is 0.223 e. The molecule has 0 amide bonds. The fourth-order valence-electron chi connectivity index (χ4n) is 2.73.